The Balaban J connectivity index is 2.04. The fourth-order valence-corrected chi connectivity index (χ4v) is 1.87. The summed E-state index contributed by atoms with van der Waals surface area (Å²) in [5.74, 6) is -0.230. The van der Waals surface area contributed by atoms with E-state index in [1.807, 2.05) is 11.4 Å². The summed E-state index contributed by atoms with van der Waals surface area (Å²) in [7, 11) is 0. The second-order valence-electron chi connectivity index (χ2n) is 3.32. The number of rotatable bonds is 4. The molecule has 0 aliphatic heterocycles. The highest BCUT2D eigenvalue weighted by Gasteiger charge is 2.03. The van der Waals surface area contributed by atoms with Gasteiger partial charge < -0.3 is 11.1 Å². The highest BCUT2D eigenvalue weighted by atomic mass is 32.1. The van der Waals surface area contributed by atoms with Crippen molar-refractivity contribution in [3.8, 4) is 0 Å². The molecule has 0 saturated heterocycles. The lowest BCUT2D eigenvalue weighted by Crippen LogP contribution is -2.03. The number of benzene rings is 1. The molecule has 0 fully saturated rings. The van der Waals surface area contributed by atoms with Gasteiger partial charge in [0.15, 0.2) is 5.13 Å². The molecule has 0 amide bonds. The zero-order chi connectivity index (χ0) is 11.4. The van der Waals surface area contributed by atoms with E-state index in [-0.39, 0.29) is 5.82 Å². The van der Waals surface area contributed by atoms with Crippen molar-refractivity contribution in [1.29, 1.82) is 0 Å². The summed E-state index contributed by atoms with van der Waals surface area (Å²) in [5, 5.41) is 5.72. The SMILES string of the molecule is NCc1ccc(CNc2nccs2)c(F)c1. The van der Waals surface area contributed by atoms with E-state index in [0.717, 1.165) is 10.7 Å². The molecule has 5 heteroatoms. The first-order valence-corrected chi connectivity index (χ1v) is 5.78. The molecule has 1 aromatic heterocycles. The number of nitrogens with two attached hydrogens (primary N) is 1. The average molecular weight is 237 g/mol. The molecule has 0 aliphatic rings. The molecule has 0 unspecified atom stereocenters. The average Bonchev–Trinajstić information content (AvgIpc) is 2.80. The first-order valence-electron chi connectivity index (χ1n) is 4.90. The number of aromatic nitrogens is 1. The van der Waals surface area contributed by atoms with Crippen molar-refractivity contribution >= 4 is 16.5 Å². The van der Waals surface area contributed by atoms with Crippen LogP contribution in [0.2, 0.25) is 0 Å². The zero-order valence-electron chi connectivity index (χ0n) is 8.61. The maximum absolute atomic E-state index is 13.6. The van der Waals surface area contributed by atoms with Gasteiger partial charge in [-0.3, -0.25) is 0 Å². The number of nitrogens with one attached hydrogen (secondary N) is 1. The second kappa shape index (κ2) is 5.05. The summed E-state index contributed by atoms with van der Waals surface area (Å²) in [6.07, 6.45) is 1.71. The Morgan fingerprint density at radius 2 is 2.31 bits per heavy atom. The fourth-order valence-electron chi connectivity index (χ4n) is 1.34. The molecular weight excluding hydrogens is 225 g/mol. The quantitative estimate of drug-likeness (QED) is 0.858. The van der Waals surface area contributed by atoms with Gasteiger partial charge >= 0.3 is 0 Å². The lowest BCUT2D eigenvalue weighted by Gasteiger charge is -2.05. The number of thiazole rings is 1. The molecule has 0 bridgehead atoms. The first-order chi connectivity index (χ1) is 7.79. The van der Waals surface area contributed by atoms with E-state index in [0.29, 0.717) is 18.7 Å². The molecule has 2 aromatic rings. The van der Waals surface area contributed by atoms with Gasteiger partial charge in [0.2, 0.25) is 0 Å². The number of hydrogen-bond donors (Lipinski definition) is 2. The van der Waals surface area contributed by atoms with Crippen LogP contribution in [0.15, 0.2) is 29.8 Å². The van der Waals surface area contributed by atoms with E-state index in [2.05, 4.69) is 10.3 Å². The second-order valence-corrected chi connectivity index (χ2v) is 4.22. The molecular formula is C11H12FN3S. The van der Waals surface area contributed by atoms with Gasteiger partial charge in [-0.15, -0.1) is 11.3 Å². The van der Waals surface area contributed by atoms with E-state index >= 15 is 0 Å². The summed E-state index contributed by atoms with van der Waals surface area (Å²) in [6, 6.07) is 5.05. The van der Waals surface area contributed by atoms with Gasteiger partial charge in [0.1, 0.15) is 5.82 Å². The number of nitrogens with zero attached hydrogens (tertiary/aromatic N) is 1. The van der Waals surface area contributed by atoms with E-state index in [4.69, 9.17) is 5.73 Å². The number of anilines is 1. The maximum atomic E-state index is 13.6. The largest absolute Gasteiger partial charge is 0.357 e. The zero-order valence-corrected chi connectivity index (χ0v) is 9.43. The predicted molar refractivity (Wildman–Crippen MR) is 63.7 cm³/mol. The van der Waals surface area contributed by atoms with E-state index < -0.39 is 0 Å². The number of hydrogen-bond acceptors (Lipinski definition) is 4. The monoisotopic (exact) mass is 237 g/mol. The molecule has 0 atom stereocenters. The number of halogens is 1. The van der Waals surface area contributed by atoms with E-state index in [9.17, 15) is 4.39 Å². The predicted octanol–water partition coefficient (Wildman–Crippen LogP) is 2.35. The molecule has 3 nitrogen and oxygen atoms in total. The topological polar surface area (TPSA) is 50.9 Å². The summed E-state index contributed by atoms with van der Waals surface area (Å²) < 4.78 is 13.6. The van der Waals surface area contributed by atoms with Crippen LogP contribution in [0.5, 0.6) is 0 Å². The summed E-state index contributed by atoms with van der Waals surface area (Å²) in [6.45, 7) is 0.793. The minimum atomic E-state index is -0.230. The Morgan fingerprint density at radius 1 is 1.44 bits per heavy atom. The molecule has 0 spiro atoms. The van der Waals surface area contributed by atoms with Crippen molar-refractivity contribution in [1.82, 2.24) is 4.98 Å². The van der Waals surface area contributed by atoms with Gasteiger partial charge in [0.25, 0.3) is 0 Å². The van der Waals surface area contributed by atoms with Crippen LogP contribution in [0.4, 0.5) is 9.52 Å². The summed E-state index contributed by atoms with van der Waals surface area (Å²) in [4.78, 5) is 4.06. The van der Waals surface area contributed by atoms with Crippen molar-refractivity contribution in [3.05, 3.63) is 46.7 Å². The van der Waals surface area contributed by atoms with Crippen molar-refractivity contribution in [2.75, 3.05) is 5.32 Å². The van der Waals surface area contributed by atoms with Gasteiger partial charge in [0.05, 0.1) is 0 Å². The lowest BCUT2D eigenvalue weighted by atomic mass is 10.1. The third-order valence-corrected chi connectivity index (χ3v) is 2.95. The van der Waals surface area contributed by atoms with Crippen LogP contribution in [0.1, 0.15) is 11.1 Å². The van der Waals surface area contributed by atoms with Crippen molar-refractivity contribution in [2.45, 2.75) is 13.1 Å². The van der Waals surface area contributed by atoms with Crippen molar-refractivity contribution in [2.24, 2.45) is 5.73 Å². The van der Waals surface area contributed by atoms with E-state index in [1.54, 1.807) is 12.3 Å². The summed E-state index contributed by atoms with van der Waals surface area (Å²) >= 11 is 1.49. The molecule has 3 N–H and O–H groups in total. The van der Waals surface area contributed by atoms with Gasteiger partial charge in [-0.05, 0) is 11.6 Å². The van der Waals surface area contributed by atoms with Crippen LogP contribution >= 0.6 is 11.3 Å². The molecule has 0 saturated carbocycles. The Bertz CT molecular complexity index is 456. The van der Waals surface area contributed by atoms with Gasteiger partial charge in [-0.25, -0.2) is 9.37 Å². The van der Waals surface area contributed by atoms with Gasteiger partial charge in [0, 0.05) is 30.2 Å². The first kappa shape index (κ1) is 11.0. The molecule has 0 radical (unpaired) electrons. The summed E-state index contributed by atoms with van der Waals surface area (Å²) in [5.41, 5.74) is 6.85. The Hall–Kier alpha value is -1.46. The normalized spacial score (nSPS) is 10.4. The highest BCUT2D eigenvalue weighted by Crippen LogP contribution is 2.15. The molecule has 0 aliphatic carbocycles. The minimum Gasteiger partial charge on any atom is -0.357 e. The van der Waals surface area contributed by atoms with Crippen molar-refractivity contribution < 1.29 is 4.39 Å². The maximum Gasteiger partial charge on any atom is 0.182 e. The molecule has 1 heterocycles. The fraction of sp³-hybridized carbons (Fsp3) is 0.182. The van der Waals surface area contributed by atoms with Crippen LogP contribution < -0.4 is 11.1 Å². The van der Waals surface area contributed by atoms with E-state index in [1.165, 1.54) is 17.4 Å². The van der Waals surface area contributed by atoms with Crippen LogP contribution in [0.3, 0.4) is 0 Å². The lowest BCUT2D eigenvalue weighted by molar-refractivity contribution is 0.610. The van der Waals surface area contributed by atoms with Gasteiger partial charge in [-0.2, -0.15) is 0 Å². The van der Waals surface area contributed by atoms with Crippen LogP contribution in [0, 0.1) is 5.82 Å². The Morgan fingerprint density at radius 3 is 2.94 bits per heavy atom. The molecule has 16 heavy (non-hydrogen) atoms. The van der Waals surface area contributed by atoms with Crippen molar-refractivity contribution in [3.63, 3.8) is 0 Å². The van der Waals surface area contributed by atoms with Crippen LogP contribution in [-0.4, -0.2) is 4.98 Å². The third-order valence-electron chi connectivity index (χ3n) is 2.22. The van der Waals surface area contributed by atoms with Gasteiger partial charge in [-0.1, -0.05) is 12.1 Å². The van der Waals surface area contributed by atoms with Crippen LogP contribution in [-0.2, 0) is 13.1 Å². The Kier molecular flexibility index (Phi) is 3.48. The highest BCUT2D eigenvalue weighted by molar-refractivity contribution is 7.13. The molecule has 84 valence electrons. The molecule has 2 rings (SSSR count). The van der Waals surface area contributed by atoms with Crippen LogP contribution in [0.25, 0.3) is 0 Å². The Labute approximate surface area is 97.1 Å². The third kappa shape index (κ3) is 2.56. The smallest absolute Gasteiger partial charge is 0.182 e. The molecule has 1 aromatic carbocycles. The standard InChI is InChI=1S/C11H12FN3S/c12-10-5-8(6-13)1-2-9(10)7-15-11-14-3-4-16-11/h1-5H,6-7,13H2,(H,14,15). The minimum absolute atomic E-state index is 0.230.